The molecule has 2 aliphatic heterocycles. The molecule has 6 nitrogen and oxygen atoms in total. The summed E-state index contributed by atoms with van der Waals surface area (Å²) in [5.74, 6) is 0.605. The summed E-state index contributed by atoms with van der Waals surface area (Å²) in [6.45, 7) is 2.59. The molecule has 6 heteroatoms. The molecule has 1 unspecified atom stereocenters. The maximum absolute atomic E-state index is 12.7. The van der Waals surface area contributed by atoms with Crippen molar-refractivity contribution in [2.24, 2.45) is 17.8 Å². The van der Waals surface area contributed by atoms with E-state index in [0.717, 1.165) is 25.2 Å². The van der Waals surface area contributed by atoms with Crippen LogP contribution in [0.4, 0.5) is 0 Å². The molecule has 146 valence electrons. The Morgan fingerprint density at radius 1 is 1.07 bits per heavy atom. The molecule has 0 aromatic heterocycles. The molecule has 3 aliphatic rings. The number of ether oxygens (including phenoxy) is 2. The topological polar surface area (TPSA) is 76.1 Å². The van der Waals surface area contributed by atoms with Crippen LogP contribution in [0.3, 0.4) is 0 Å². The second-order valence-electron chi connectivity index (χ2n) is 7.98. The monoisotopic (exact) mass is 373 g/mol. The molecule has 1 N–H and O–H groups in total. The first kappa shape index (κ1) is 18.3. The molecule has 1 amide bonds. The van der Waals surface area contributed by atoms with Crippen molar-refractivity contribution in [3.8, 4) is 5.75 Å². The van der Waals surface area contributed by atoms with Gasteiger partial charge in [0, 0.05) is 25.3 Å². The van der Waals surface area contributed by atoms with Crippen molar-refractivity contribution in [3.63, 3.8) is 0 Å². The third kappa shape index (κ3) is 4.26. The molecule has 2 atom stereocenters. The van der Waals surface area contributed by atoms with Gasteiger partial charge in [-0.05, 0) is 68.2 Å². The Morgan fingerprint density at radius 3 is 2.41 bits per heavy atom. The smallest absolute Gasteiger partial charge is 0.309 e. The molecular formula is C21H27NO5. The number of hydrogen-bond acceptors (Lipinski definition) is 4. The maximum Gasteiger partial charge on any atom is 0.309 e. The van der Waals surface area contributed by atoms with Gasteiger partial charge in [0.25, 0.3) is 5.91 Å². The van der Waals surface area contributed by atoms with Gasteiger partial charge in [-0.25, -0.2) is 0 Å². The predicted molar refractivity (Wildman–Crippen MR) is 98.8 cm³/mol. The largest absolute Gasteiger partial charge is 0.493 e. The first-order valence-electron chi connectivity index (χ1n) is 9.98. The van der Waals surface area contributed by atoms with Gasteiger partial charge in [-0.3, -0.25) is 9.59 Å². The van der Waals surface area contributed by atoms with E-state index in [1.807, 2.05) is 29.2 Å². The fourth-order valence-electron chi connectivity index (χ4n) is 4.15. The summed E-state index contributed by atoms with van der Waals surface area (Å²) in [5.41, 5.74) is 0.674. The summed E-state index contributed by atoms with van der Waals surface area (Å²) in [5, 5.41) is 9.34. The average Bonchev–Trinajstić information content (AvgIpc) is 3.39. The maximum atomic E-state index is 12.7. The van der Waals surface area contributed by atoms with Crippen LogP contribution in [0.1, 0.15) is 42.5 Å². The number of carbonyl (C=O) groups is 2. The number of nitrogens with zero attached hydrogens (tertiary/aromatic N) is 1. The van der Waals surface area contributed by atoms with Crippen molar-refractivity contribution >= 4 is 11.9 Å². The number of amides is 1. The van der Waals surface area contributed by atoms with Crippen molar-refractivity contribution < 1.29 is 24.2 Å². The molecule has 0 bridgehead atoms. The van der Waals surface area contributed by atoms with Crippen molar-refractivity contribution in [1.82, 2.24) is 4.90 Å². The van der Waals surface area contributed by atoms with Crippen LogP contribution in [-0.2, 0) is 9.53 Å². The number of rotatable bonds is 6. The number of hydrogen-bond donors (Lipinski definition) is 1. The first-order valence-corrected chi connectivity index (χ1v) is 9.98. The lowest BCUT2D eigenvalue weighted by Crippen LogP contribution is -2.43. The highest BCUT2D eigenvalue weighted by Gasteiger charge is 2.40. The van der Waals surface area contributed by atoms with E-state index in [1.165, 1.54) is 12.8 Å². The molecular weight excluding hydrogens is 346 g/mol. The molecule has 4 rings (SSSR count). The summed E-state index contributed by atoms with van der Waals surface area (Å²) in [4.78, 5) is 26.0. The molecule has 3 fully saturated rings. The van der Waals surface area contributed by atoms with Gasteiger partial charge < -0.3 is 19.5 Å². The van der Waals surface area contributed by atoms with Crippen LogP contribution >= 0.6 is 0 Å². The van der Waals surface area contributed by atoms with Crippen molar-refractivity contribution in [3.05, 3.63) is 29.8 Å². The standard InChI is InChI=1S/C21H27NO5/c23-20(16-3-5-17(6-4-16)27-13-14-1-2-14)22-10-7-15(8-11-22)19-18(21(24)25)9-12-26-19/h3-6,14-15,18-19H,1-2,7-13H2,(H,24,25)/t18?,19-/m0/s1. The van der Waals surface area contributed by atoms with Crippen LogP contribution in [0.2, 0.25) is 0 Å². The second-order valence-corrected chi connectivity index (χ2v) is 7.98. The van der Waals surface area contributed by atoms with E-state index >= 15 is 0 Å². The lowest BCUT2D eigenvalue weighted by atomic mass is 9.84. The SMILES string of the molecule is O=C(O)C1CCO[C@H]1C1CCN(C(=O)c2ccc(OCC3CC3)cc2)CC1. The van der Waals surface area contributed by atoms with Crippen LogP contribution in [0.15, 0.2) is 24.3 Å². The van der Waals surface area contributed by atoms with Gasteiger partial charge >= 0.3 is 5.97 Å². The minimum atomic E-state index is -0.764. The van der Waals surface area contributed by atoms with Gasteiger partial charge in [0.1, 0.15) is 5.75 Å². The molecule has 1 aromatic rings. The number of aliphatic carboxylic acids is 1. The molecule has 2 saturated heterocycles. The molecule has 1 aliphatic carbocycles. The Balaban J connectivity index is 1.29. The number of carboxylic acid groups (broad SMARTS) is 1. The van der Waals surface area contributed by atoms with Gasteiger partial charge in [0.15, 0.2) is 0 Å². The van der Waals surface area contributed by atoms with Gasteiger partial charge in [0.2, 0.25) is 0 Å². The van der Waals surface area contributed by atoms with E-state index < -0.39 is 11.9 Å². The van der Waals surface area contributed by atoms with Gasteiger partial charge in [0.05, 0.1) is 18.6 Å². The zero-order chi connectivity index (χ0) is 18.8. The number of carbonyl (C=O) groups excluding carboxylic acids is 1. The Kier molecular flexibility index (Phi) is 5.34. The Hall–Kier alpha value is -2.08. The summed E-state index contributed by atoms with van der Waals surface area (Å²) in [6, 6.07) is 7.40. The third-order valence-electron chi connectivity index (χ3n) is 6.03. The Bertz CT molecular complexity index is 676. The lowest BCUT2D eigenvalue weighted by Gasteiger charge is -2.35. The second kappa shape index (κ2) is 7.89. The average molecular weight is 373 g/mol. The fraction of sp³-hybridized carbons (Fsp3) is 0.619. The highest BCUT2D eigenvalue weighted by atomic mass is 16.5. The van der Waals surface area contributed by atoms with E-state index in [9.17, 15) is 14.7 Å². The van der Waals surface area contributed by atoms with Crippen molar-refractivity contribution in [1.29, 1.82) is 0 Å². The van der Waals surface area contributed by atoms with Crippen LogP contribution in [0, 0.1) is 17.8 Å². The minimum Gasteiger partial charge on any atom is -0.493 e. The van der Waals surface area contributed by atoms with Crippen LogP contribution in [0.5, 0.6) is 5.75 Å². The van der Waals surface area contributed by atoms with Gasteiger partial charge in [-0.1, -0.05) is 0 Å². The number of carboxylic acids is 1. The van der Waals surface area contributed by atoms with E-state index in [-0.39, 0.29) is 17.9 Å². The number of benzene rings is 1. The zero-order valence-electron chi connectivity index (χ0n) is 15.5. The number of piperidine rings is 1. The quantitative estimate of drug-likeness (QED) is 0.830. The first-order chi connectivity index (χ1) is 13.1. The Labute approximate surface area is 159 Å². The molecule has 2 heterocycles. The summed E-state index contributed by atoms with van der Waals surface area (Å²) >= 11 is 0. The van der Waals surface area contributed by atoms with E-state index in [0.29, 0.717) is 37.6 Å². The van der Waals surface area contributed by atoms with Crippen molar-refractivity contribution in [2.45, 2.75) is 38.2 Å². The van der Waals surface area contributed by atoms with Crippen LogP contribution in [0.25, 0.3) is 0 Å². The van der Waals surface area contributed by atoms with E-state index in [2.05, 4.69) is 0 Å². The van der Waals surface area contributed by atoms with Gasteiger partial charge in [-0.15, -0.1) is 0 Å². The normalized spacial score (nSPS) is 26.1. The summed E-state index contributed by atoms with van der Waals surface area (Å²) in [7, 11) is 0. The third-order valence-corrected chi connectivity index (χ3v) is 6.03. The molecule has 1 saturated carbocycles. The van der Waals surface area contributed by atoms with E-state index in [4.69, 9.17) is 9.47 Å². The number of likely N-dealkylation sites (tertiary alicyclic amines) is 1. The molecule has 1 aromatic carbocycles. The van der Waals surface area contributed by atoms with Crippen molar-refractivity contribution in [2.75, 3.05) is 26.3 Å². The molecule has 0 radical (unpaired) electrons. The minimum absolute atomic E-state index is 0.0318. The molecule has 27 heavy (non-hydrogen) atoms. The molecule has 0 spiro atoms. The lowest BCUT2D eigenvalue weighted by molar-refractivity contribution is -0.145. The van der Waals surface area contributed by atoms with Crippen LogP contribution in [-0.4, -0.2) is 54.3 Å². The predicted octanol–water partition coefficient (Wildman–Crippen LogP) is 2.82. The fourth-order valence-corrected chi connectivity index (χ4v) is 4.15. The summed E-state index contributed by atoms with van der Waals surface area (Å²) in [6.07, 6.45) is 4.49. The van der Waals surface area contributed by atoms with Gasteiger partial charge in [-0.2, -0.15) is 0 Å². The zero-order valence-corrected chi connectivity index (χ0v) is 15.5. The highest BCUT2D eigenvalue weighted by Crippen LogP contribution is 2.34. The highest BCUT2D eigenvalue weighted by molar-refractivity contribution is 5.94. The van der Waals surface area contributed by atoms with Crippen LogP contribution < -0.4 is 4.74 Å². The van der Waals surface area contributed by atoms with E-state index in [1.54, 1.807) is 0 Å². The summed E-state index contributed by atoms with van der Waals surface area (Å²) < 4.78 is 11.4. The Morgan fingerprint density at radius 2 is 1.78 bits per heavy atom.